The number of methoxy groups -OCH3 is 1. The van der Waals surface area contributed by atoms with E-state index in [2.05, 4.69) is 9.46 Å². The van der Waals surface area contributed by atoms with Gasteiger partial charge in [0.1, 0.15) is 0 Å². The van der Waals surface area contributed by atoms with Crippen molar-refractivity contribution in [1.29, 1.82) is 0 Å². The van der Waals surface area contributed by atoms with E-state index < -0.39 is 33.1 Å². The second-order valence-electron chi connectivity index (χ2n) is 4.17. The fraction of sp³-hybridized carbons (Fsp3) is 0.778. The maximum Gasteiger partial charge on any atom is 0.312 e. The predicted octanol–water partition coefficient (Wildman–Crippen LogP) is -0.420. The monoisotopic (exact) mass is 267 g/mol. The van der Waals surface area contributed by atoms with Crippen LogP contribution in [0.4, 0.5) is 0 Å². The second-order valence-corrected chi connectivity index (χ2v) is 5.98. The number of rotatable bonds is 7. The molecule has 0 aromatic carbocycles. The quantitative estimate of drug-likeness (QED) is 0.606. The van der Waals surface area contributed by atoms with E-state index in [1.54, 1.807) is 0 Å². The number of ether oxygens (including phenoxy) is 1. The molecular formula is C9H17NO6S. The molecule has 0 amide bonds. The fourth-order valence-electron chi connectivity index (χ4n) is 1.17. The second kappa shape index (κ2) is 5.97. The summed E-state index contributed by atoms with van der Waals surface area (Å²) in [6.45, 7) is 2.68. The van der Waals surface area contributed by atoms with E-state index in [1.165, 1.54) is 21.0 Å². The molecule has 0 heterocycles. The molecule has 2 N–H and O–H groups in total. The van der Waals surface area contributed by atoms with Gasteiger partial charge >= 0.3 is 11.9 Å². The zero-order valence-corrected chi connectivity index (χ0v) is 10.8. The lowest BCUT2D eigenvalue weighted by atomic mass is 9.97. The summed E-state index contributed by atoms with van der Waals surface area (Å²) in [4.78, 5) is 21.5. The van der Waals surface area contributed by atoms with Crippen molar-refractivity contribution in [3.05, 3.63) is 0 Å². The van der Waals surface area contributed by atoms with E-state index in [4.69, 9.17) is 5.11 Å². The van der Waals surface area contributed by atoms with Crippen LogP contribution in [0.1, 0.15) is 20.3 Å². The topological polar surface area (TPSA) is 110 Å². The van der Waals surface area contributed by atoms with Crippen LogP contribution >= 0.6 is 0 Å². The zero-order valence-electron chi connectivity index (χ0n) is 10.0. The van der Waals surface area contributed by atoms with Crippen molar-refractivity contribution < 1.29 is 27.9 Å². The lowest BCUT2D eigenvalue weighted by molar-refractivity contribution is -0.149. The van der Waals surface area contributed by atoms with Crippen LogP contribution in [0.3, 0.4) is 0 Å². The van der Waals surface area contributed by atoms with Crippen molar-refractivity contribution in [3.63, 3.8) is 0 Å². The minimum absolute atomic E-state index is 0.199. The summed E-state index contributed by atoms with van der Waals surface area (Å²) >= 11 is 0. The largest absolute Gasteiger partial charge is 0.481 e. The fourth-order valence-corrected chi connectivity index (χ4v) is 2.76. The summed E-state index contributed by atoms with van der Waals surface area (Å²) in [5.74, 6) is -2.19. The Morgan fingerprint density at radius 1 is 1.35 bits per heavy atom. The molecule has 0 saturated carbocycles. The van der Waals surface area contributed by atoms with E-state index >= 15 is 0 Å². The summed E-state index contributed by atoms with van der Waals surface area (Å²) in [6.07, 6.45) is -0.308. The van der Waals surface area contributed by atoms with Gasteiger partial charge in [-0.05, 0) is 13.8 Å². The first-order valence-corrected chi connectivity index (χ1v) is 6.53. The molecule has 0 aliphatic heterocycles. The van der Waals surface area contributed by atoms with Crippen LogP contribution in [-0.2, 0) is 24.3 Å². The molecular weight excluding hydrogens is 250 g/mol. The molecule has 0 aromatic heterocycles. The maximum atomic E-state index is 11.5. The van der Waals surface area contributed by atoms with Gasteiger partial charge in [0.2, 0.25) is 10.0 Å². The predicted molar refractivity (Wildman–Crippen MR) is 59.8 cm³/mol. The Labute approximate surface area is 100 Å². The van der Waals surface area contributed by atoms with E-state index in [0.717, 1.165) is 0 Å². The van der Waals surface area contributed by atoms with Crippen LogP contribution in [-0.4, -0.2) is 44.9 Å². The molecule has 7 nitrogen and oxygen atoms in total. The number of carboxylic acids is 1. The minimum Gasteiger partial charge on any atom is -0.481 e. The van der Waals surface area contributed by atoms with Gasteiger partial charge in [-0.25, -0.2) is 13.1 Å². The molecule has 0 aromatic rings. The van der Waals surface area contributed by atoms with Crippen LogP contribution < -0.4 is 4.72 Å². The van der Waals surface area contributed by atoms with Crippen molar-refractivity contribution in [3.8, 4) is 0 Å². The van der Waals surface area contributed by atoms with E-state index in [-0.39, 0.29) is 13.0 Å². The summed E-state index contributed by atoms with van der Waals surface area (Å²) in [5.41, 5.74) is -1.18. The Morgan fingerprint density at radius 2 is 1.88 bits per heavy atom. The van der Waals surface area contributed by atoms with E-state index in [1.807, 2.05) is 0 Å². The van der Waals surface area contributed by atoms with Gasteiger partial charge in [-0.1, -0.05) is 0 Å². The normalized spacial score (nSPS) is 12.2. The lowest BCUT2D eigenvalue weighted by Gasteiger charge is -2.21. The SMILES string of the molecule is COC(=O)C(C)(C)CS(=O)(=O)NCCC(=O)O. The number of sulfonamides is 1. The summed E-state index contributed by atoms with van der Waals surface area (Å²) in [7, 11) is -2.53. The van der Waals surface area contributed by atoms with Gasteiger partial charge in [-0.15, -0.1) is 0 Å². The van der Waals surface area contributed by atoms with Gasteiger partial charge in [0.05, 0.1) is 24.7 Å². The molecule has 0 atom stereocenters. The van der Waals surface area contributed by atoms with Crippen molar-refractivity contribution in [1.82, 2.24) is 4.72 Å². The van der Waals surface area contributed by atoms with Crippen LogP contribution in [0.5, 0.6) is 0 Å². The van der Waals surface area contributed by atoms with Gasteiger partial charge in [0, 0.05) is 6.54 Å². The number of aliphatic carboxylic acids is 1. The average Bonchev–Trinajstić information content (AvgIpc) is 2.13. The number of carbonyl (C=O) groups excluding carboxylic acids is 1. The van der Waals surface area contributed by atoms with Crippen molar-refractivity contribution in [2.45, 2.75) is 20.3 Å². The van der Waals surface area contributed by atoms with Crippen LogP contribution in [0.25, 0.3) is 0 Å². The van der Waals surface area contributed by atoms with Gasteiger partial charge in [-0.3, -0.25) is 9.59 Å². The van der Waals surface area contributed by atoms with E-state index in [0.29, 0.717) is 0 Å². The average molecular weight is 267 g/mol. The minimum atomic E-state index is -3.70. The molecule has 0 unspecified atom stereocenters. The molecule has 0 bridgehead atoms. The van der Waals surface area contributed by atoms with Gasteiger partial charge in [0.25, 0.3) is 0 Å². The third-order valence-electron chi connectivity index (χ3n) is 1.95. The Kier molecular flexibility index (Phi) is 5.56. The molecule has 0 aliphatic carbocycles. The number of carbonyl (C=O) groups is 2. The van der Waals surface area contributed by atoms with Gasteiger partial charge in [0.15, 0.2) is 0 Å². The molecule has 0 radical (unpaired) electrons. The Bertz CT molecular complexity index is 386. The first kappa shape index (κ1) is 15.9. The van der Waals surface area contributed by atoms with Crippen molar-refractivity contribution >= 4 is 22.0 Å². The molecule has 17 heavy (non-hydrogen) atoms. The molecule has 0 saturated heterocycles. The van der Waals surface area contributed by atoms with Gasteiger partial charge < -0.3 is 9.84 Å². The summed E-state index contributed by atoms with van der Waals surface area (Å²) < 4.78 is 29.7. The first-order chi connectivity index (χ1) is 7.60. The molecule has 8 heteroatoms. The first-order valence-electron chi connectivity index (χ1n) is 4.88. The Hall–Kier alpha value is -1.15. The molecule has 100 valence electrons. The highest BCUT2D eigenvalue weighted by atomic mass is 32.2. The number of hydrogen-bond donors (Lipinski definition) is 2. The third kappa shape index (κ3) is 6.22. The zero-order chi connectivity index (χ0) is 13.7. The highest BCUT2D eigenvalue weighted by Gasteiger charge is 2.34. The number of hydrogen-bond acceptors (Lipinski definition) is 5. The number of nitrogens with one attached hydrogen (secondary N) is 1. The van der Waals surface area contributed by atoms with Crippen LogP contribution in [0.15, 0.2) is 0 Å². The molecule has 0 aliphatic rings. The van der Waals surface area contributed by atoms with Gasteiger partial charge in [-0.2, -0.15) is 0 Å². The Morgan fingerprint density at radius 3 is 2.29 bits per heavy atom. The summed E-state index contributed by atoms with van der Waals surface area (Å²) in [5, 5.41) is 8.36. The third-order valence-corrected chi connectivity index (χ3v) is 3.70. The van der Waals surface area contributed by atoms with Crippen molar-refractivity contribution in [2.75, 3.05) is 19.4 Å². The number of esters is 1. The van der Waals surface area contributed by atoms with E-state index in [9.17, 15) is 18.0 Å². The molecule has 0 fully saturated rings. The highest BCUT2D eigenvalue weighted by molar-refractivity contribution is 7.89. The summed E-state index contributed by atoms with van der Waals surface area (Å²) in [6, 6.07) is 0. The highest BCUT2D eigenvalue weighted by Crippen LogP contribution is 2.19. The lowest BCUT2D eigenvalue weighted by Crippen LogP contribution is -2.39. The maximum absolute atomic E-state index is 11.5. The van der Waals surface area contributed by atoms with Crippen molar-refractivity contribution in [2.24, 2.45) is 5.41 Å². The molecule has 0 rings (SSSR count). The van der Waals surface area contributed by atoms with Crippen LogP contribution in [0, 0.1) is 5.41 Å². The number of carboxylic acid groups (broad SMARTS) is 1. The molecule has 0 spiro atoms. The standard InChI is InChI=1S/C9H17NO6S/c1-9(2,8(13)16-3)6-17(14,15)10-5-4-7(11)12/h10H,4-6H2,1-3H3,(H,11,12). The smallest absolute Gasteiger partial charge is 0.312 e. The van der Waals surface area contributed by atoms with Crippen LogP contribution in [0.2, 0.25) is 0 Å². The Balaban J connectivity index is 4.44.